The molecular formula is C17H19FO. The maximum absolute atomic E-state index is 12.8. The molecular weight excluding hydrogens is 239 g/mol. The van der Waals surface area contributed by atoms with Crippen LogP contribution in [-0.4, -0.2) is 11.2 Å². The van der Waals surface area contributed by atoms with Crippen LogP contribution in [0.25, 0.3) is 0 Å². The number of benzene rings is 2. The molecule has 0 aliphatic rings. The number of hydrogen-bond acceptors (Lipinski definition) is 1. The van der Waals surface area contributed by atoms with Crippen LogP contribution in [0.2, 0.25) is 0 Å². The van der Waals surface area contributed by atoms with Gasteiger partial charge in [-0.25, -0.2) is 4.39 Å². The number of hydrogen-bond donors (Lipinski definition) is 1. The number of aryl methyl sites for hydroxylation is 2. The van der Waals surface area contributed by atoms with Crippen LogP contribution in [0.15, 0.2) is 42.5 Å². The molecule has 100 valence electrons. The Morgan fingerprint density at radius 2 is 1.42 bits per heavy atom. The van der Waals surface area contributed by atoms with Crippen LogP contribution in [0.1, 0.15) is 22.3 Å². The average molecular weight is 258 g/mol. The summed E-state index contributed by atoms with van der Waals surface area (Å²) in [5.74, 6) is -0.243. The van der Waals surface area contributed by atoms with Crippen molar-refractivity contribution >= 4 is 0 Å². The Bertz CT molecular complexity index is 525. The van der Waals surface area contributed by atoms with Gasteiger partial charge in [0.2, 0.25) is 0 Å². The molecule has 2 aromatic carbocycles. The molecule has 0 saturated carbocycles. The van der Waals surface area contributed by atoms with E-state index >= 15 is 0 Å². The van der Waals surface area contributed by atoms with Crippen LogP contribution < -0.4 is 0 Å². The minimum Gasteiger partial charge on any atom is -0.392 e. The SMILES string of the molecule is Cc1cc(C)cc(CC(O)Cc2ccc(F)cc2)c1. The predicted octanol–water partition coefficient (Wildman–Crippen LogP) is 3.59. The molecule has 2 rings (SSSR count). The van der Waals surface area contributed by atoms with Gasteiger partial charge in [0.15, 0.2) is 0 Å². The Kier molecular flexibility index (Phi) is 4.33. The number of halogens is 1. The molecule has 1 nitrogen and oxygen atoms in total. The Hall–Kier alpha value is -1.67. The number of aliphatic hydroxyl groups is 1. The van der Waals surface area contributed by atoms with E-state index in [1.165, 1.54) is 23.3 Å². The monoisotopic (exact) mass is 258 g/mol. The summed E-state index contributed by atoms with van der Waals surface area (Å²) in [6.07, 6.45) is 0.735. The lowest BCUT2D eigenvalue weighted by molar-refractivity contribution is 0.175. The van der Waals surface area contributed by atoms with Crippen molar-refractivity contribution in [2.24, 2.45) is 0 Å². The molecule has 19 heavy (non-hydrogen) atoms. The van der Waals surface area contributed by atoms with E-state index in [0.29, 0.717) is 12.8 Å². The van der Waals surface area contributed by atoms with Gasteiger partial charge in [-0.2, -0.15) is 0 Å². The minimum absolute atomic E-state index is 0.243. The highest BCUT2D eigenvalue weighted by Gasteiger charge is 2.08. The predicted molar refractivity (Wildman–Crippen MR) is 75.7 cm³/mol. The summed E-state index contributed by atoms with van der Waals surface area (Å²) in [4.78, 5) is 0. The number of aliphatic hydroxyl groups excluding tert-OH is 1. The molecule has 0 spiro atoms. The van der Waals surface area contributed by atoms with E-state index in [1.54, 1.807) is 12.1 Å². The second kappa shape index (κ2) is 5.98. The van der Waals surface area contributed by atoms with Gasteiger partial charge in [-0.1, -0.05) is 41.5 Å². The highest BCUT2D eigenvalue weighted by atomic mass is 19.1. The zero-order chi connectivity index (χ0) is 13.8. The van der Waals surface area contributed by atoms with Crippen molar-refractivity contribution < 1.29 is 9.50 Å². The Balaban J connectivity index is 2.00. The first-order valence-electron chi connectivity index (χ1n) is 6.52. The van der Waals surface area contributed by atoms with Crippen molar-refractivity contribution in [3.8, 4) is 0 Å². The average Bonchev–Trinajstić information content (AvgIpc) is 2.30. The second-order valence-electron chi connectivity index (χ2n) is 5.18. The lowest BCUT2D eigenvalue weighted by Gasteiger charge is -2.12. The summed E-state index contributed by atoms with van der Waals surface area (Å²) in [7, 11) is 0. The van der Waals surface area contributed by atoms with E-state index in [2.05, 4.69) is 32.0 Å². The molecule has 0 bridgehead atoms. The minimum atomic E-state index is -0.438. The maximum Gasteiger partial charge on any atom is 0.123 e. The quantitative estimate of drug-likeness (QED) is 0.888. The van der Waals surface area contributed by atoms with Crippen LogP contribution in [0.5, 0.6) is 0 Å². The largest absolute Gasteiger partial charge is 0.392 e. The zero-order valence-electron chi connectivity index (χ0n) is 11.4. The Labute approximate surface area is 113 Å². The highest BCUT2D eigenvalue weighted by Crippen LogP contribution is 2.13. The maximum atomic E-state index is 12.8. The van der Waals surface area contributed by atoms with Crippen LogP contribution in [0, 0.1) is 19.7 Å². The van der Waals surface area contributed by atoms with E-state index in [9.17, 15) is 9.50 Å². The highest BCUT2D eigenvalue weighted by molar-refractivity contribution is 5.29. The fourth-order valence-corrected chi connectivity index (χ4v) is 2.42. The van der Waals surface area contributed by atoms with Crippen LogP contribution >= 0.6 is 0 Å². The number of rotatable bonds is 4. The molecule has 1 atom stereocenters. The third kappa shape index (κ3) is 4.18. The van der Waals surface area contributed by atoms with Gasteiger partial charge in [-0.15, -0.1) is 0 Å². The molecule has 0 radical (unpaired) electrons. The van der Waals surface area contributed by atoms with E-state index in [4.69, 9.17) is 0 Å². The lowest BCUT2D eigenvalue weighted by Crippen LogP contribution is -2.14. The summed E-state index contributed by atoms with van der Waals surface area (Å²) >= 11 is 0. The van der Waals surface area contributed by atoms with Crippen molar-refractivity contribution in [1.29, 1.82) is 0 Å². The molecule has 2 aromatic rings. The van der Waals surface area contributed by atoms with Crippen molar-refractivity contribution in [3.63, 3.8) is 0 Å². The second-order valence-corrected chi connectivity index (χ2v) is 5.18. The standard InChI is InChI=1S/C17H19FO/c1-12-7-13(2)9-15(8-12)11-17(19)10-14-3-5-16(18)6-4-14/h3-9,17,19H,10-11H2,1-2H3. The third-order valence-electron chi connectivity index (χ3n) is 3.14. The summed E-state index contributed by atoms with van der Waals surface area (Å²) in [5.41, 5.74) is 4.53. The fraction of sp³-hybridized carbons (Fsp3) is 0.294. The van der Waals surface area contributed by atoms with Gasteiger partial charge in [-0.3, -0.25) is 0 Å². The first kappa shape index (κ1) is 13.8. The van der Waals surface area contributed by atoms with Crippen molar-refractivity contribution in [1.82, 2.24) is 0 Å². The van der Waals surface area contributed by atoms with Crippen molar-refractivity contribution in [2.45, 2.75) is 32.8 Å². The van der Waals surface area contributed by atoms with Crippen LogP contribution in [-0.2, 0) is 12.8 Å². The van der Waals surface area contributed by atoms with Gasteiger partial charge < -0.3 is 5.11 Å². The van der Waals surface area contributed by atoms with E-state index in [-0.39, 0.29) is 5.82 Å². The topological polar surface area (TPSA) is 20.2 Å². The van der Waals surface area contributed by atoms with Crippen LogP contribution in [0.4, 0.5) is 4.39 Å². The smallest absolute Gasteiger partial charge is 0.123 e. The summed E-state index contributed by atoms with van der Waals surface area (Å²) in [6.45, 7) is 4.12. The zero-order valence-corrected chi connectivity index (χ0v) is 11.4. The van der Waals surface area contributed by atoms with Crippen molar-refractivity contribution in [3.05, 3.63) is 70.5 Å². The lowest BCUT2D eigenvalue weighted by atomic mass is 9.99. The van der Waals surface area contributed by atoms with Gasteiger partial charge in [0.25, 0.3) is 0 Å². The molecule has 0 aromatic heterocycles. The summed E-state index contributed by atoms with van der Waals surface area (Å²) in [5, 5.41) is 10.1. The first-order valence-corrected chi connectivity index (χ1v) is 6.52. The molecule has 0 saturated heterocycles. The molecule has 1 unspecified atom stereocenters. The summed E-state index contributed by atoms with van der Waals surface area (Å²) in [6, 6.07) is 12.6. The van der Waals surface area contributed by atoms with Crippen LogP contribution in [0.3, 0.4) is 0 Å². The molecule has 1 N–H and O–H groups in total. The molecule has 0 fully saturated rings. The fourth-order valence-electron chi connectivity index (χ4n) is 2.42. The molecule has 2 heteroatoms. The van der Waals surface area contributed by atoms with Gasteiger partial charge in [0.05, 0.1) is 6.10 Å². The van der Waals surface area contributed by atoms with Gasteiger partial charge in [0.1, 0.15) is 5.82 Å². The normalized spacial score (nSPS) is 12.4. The molecule has 0 aliphatic heterocycles. The third-order valence-corrected chi connectivity index (χ3v) is 3.14. The molecule has 0 aliphatic carbocycles. The summed E-state index contributed by atoms with van der Waals surface area (Å²) < 4.78 is 12.8. The van der Waals surface area contributed by atoms with Crippen molar-refractivity contribution in [2.75, 3.05) is 0 Å². The van der Waals surface area contributed by atoms with E-state index in [0.717, 1.165) is 11.1 Å². The Morgan fingerprint density at radius 1 is 0.895 bits per heavy atom. The van der Waals surface area contributed by atoms with E-state index in [1.807, 2.05) is 0 Å². The molecule has 0 amide bonds. The first-order chi connectivity index (χ1) is 9.02. The van der Waals surface area contributed by atoms with Gasteiger partial charge in [0, 0.05) is 0 Å². The molecule has 0 heterocycles. The Morgan fingerprint density at radius 3 is 2.00 bits per heavy atom. The van der Waals surface area contributed by atoms with E-state index < -0.39 is 6.10 Å². The van der Waals surface area contributed by atoms with Gasteiger partial charge >= 0.3 is 0 Å². The van der Waals surface area contributed by atoms with Gasteiger partial charge in [-0.05, 0) is 49.9 Å².